The van der Waals surface area contributed by atoms with Crippen LogP contribution >= 0.6 is 11.6 Å². The molecule has 0 atom stereocenters. The molecule has 1 N–H and O–H groups in total. The molecule has 104 valence electrons. The molecule has 1 aromatic carbocycles. The number of carbonyl (C=O) groups is 1. The van der Waals surface area contributed by atoms with E-state index in [0.717, 1.165) is 5.56 Å². The van der Waals surface area contributed by atoms with E-state index >= 15 is 0 Å². The van der Waals surface area contributed by atoms with Gasteiger partial charge in [-0.15, -0.1) is 0 Å². The summed E-state index contributed by atoms with van der Waals surface area (Å²) in [6.45, 7) is 3.03. The number of rotatable bonds is 7. The Bertz CT molecular complexity index is 465. The van der Waals surface area contributed by atoms with Gasteiger partial charge >= 0.3 is 5.97 Å². The summed E-state index contributed by atoms with van der Waals surface area (Å²) < 4.78 is 4.78. The number of nitrogens with zero attached hydrogens (tertiary/aromatic N) is 1. The smallest absolute Gasteiger partial charge is 0.307 e. The lowest BCUT2D eigenvalue weighted by molar-refractivity contribution is -0.384. The fourth-order valence-corrected chi connectivity index (χ4v) is 1.68. The second kappa shape index (κ2) is 7.70. The molecule has 1 rings (SSSR count). The number of non-ortho nitro benzene ring substituents is 1. The second-order valence-electron chi connectivity index (χ2n) is 3.76. The molecule has 0 saturated heterocycles. The predicted molar refractivity (Wildman–Crippen MR) is 71.1 cm³/mol. The van der Waals surface area contributed by atoms with Crippen molar-refractivity contribution in [2.75, 3.05) is 13.2 Å². The summed E-state index contributed by atoms with van der Waals surface area (Å²) in [6, 6.07) is 4.30. The van der Waals surface area contributed by atoms with Gasteiger partial charge in [0.2, 0.25) is 0 Å². The maximum Gasteiger partial charge on any atom is 0.307 e. The van der Waals surface area contributed by atoms with Crippen molar-refractivity contribution < 1.29 is 14.5 Å². The van der Waals surface area contributed by atoms with Gasteiger partial charge in [0.15, 0.2) is 0 Å². The van der Waals surface area contributed by atoms with Gasteiger partial charge in [-0.25, -0.2) is 0 Å². The van der Waals surface area contributed by atoms with Crippen molar-refractivity contribution in [1.82, 2.24) is 5.32 Å². The predicted octanol–water partition coefficient (Wildman–Crippen LogP) is 2.29. The van der Waals surface area contributed by atoms with Gasteiger partial charge in [0.05, 0.1) is 23.0 Å². The molecule has 0 fully saturated rings. The fraction of sp³-hybridized carbons (Fsp3) is 0.417. The SMILES string of the molecule is CCOC(=O)CCNCc1ccc([N+](=O)[O-])cc1Cl. The monoisotopic (exact) mass is 286 g/mol. The number of nitrogens with one attached hydrogen (secondary N) is 1. The van der Waals surface area contributed by atoms with Crippen molar-refractivity contribution in [2.45, 2.75) is 19.9 Å². The molecule has 6 nitrogen and oxygen atoms in total. The van der Waals surface area contributed by atoms with Crippen molar-refractivity contribution in [1.29, 1.82) is 0 Å². The summed E-state index contributed by atoms with van der Waals surface area (Å²) >= 11 is 5.93. The van der Waals surface area contributed by atoms with Crippen LogP contribution in [0.5, 0.6) is 0 Å². The molecule has 0 spiro atoms. The van der Waals surface area contributed by atoms with E-state index in [0.29, 0.717) is 24.7 Å². The molecule has 0 aliphatic rings. The topological polar surface area (TPSA) is 81.5 Å². The molecule has 0 heterocycles. The molecule has 0 radical (unpaired) electrons. The maximum atomic E-state index is 11.1. The van der Waals surface area contributed by atoms with E-state index in [2.05, 4.69) is 5.32 Å². The summed E-state index contributed by atoms with van der Waals surface area (Å²) in [6.07, 6.45) is 0.276. The average molecular weight is 287 g/mol. The number of nitro benzene ring substituents is 1. The largest absolute Gasteiger partial charge is 0.466 e. The van der Waals surface area contributed by atoms with Gasteiger partial charge < -0.3 is 10.1 Å². The van der Waals surface area contributed by atoms with E-state index in [9.17, 15) is 14.9 Å². The summed E-state index contributed by atoms with van der Waals surface area (Å²) in [5.74, 6) is -0.259. The van der Waals surface area contributed by atoms with Gasteiger partial charge in [-0.3, -0.25) is 14.9 Å². The minimum atomic E-state index is -0.496. The van der Waals surface area contributed by atoms with Crippen molar-refractivity contribution in [3.63, 3.8) is 0 Å². The number of esters is 1. The third-order valence-electron chi connectivity index (χ3n) is 2.37. The number of hydrogen-bond acceptors (Lipinski definition) is 5. The Hall–Kier alpha value is -1.66. The lowest BCUT2D eigenvalue weighted by Crippen LogP contribution is -2.19. The Kier molecular flexibility index (Phi) is 6.24. The van der Waals surface area contributed by atoms with Gasteiger partial charge in [0, 0.05) is 25.2 Å². The first kappa shape index (κ1) is 15.4. The molecule has 0 aromatic heterocycles. The van der Waals surface area contributed by atoms with E-state index in [1.165, 1.54) is 12.1 Å². The normalized spacial score (nSPS) is 10.2. The van der Waals surface area contributed by atoms with Crippen LogP contribution in [0.1, 0.15) is 18.9 Å². The first-order valence-electron chi connectivity index (χ1n) is 5.83. The van der Waals surface area contributed by atoms with E-state index in [1.807, 2.05) is 0 Å². The van der Waals surface area contributed by atoms with E-state index in [1.54, 1.807) is 13.0 Å². The Morgan fingerprint density at radius 1 is 1.53 bits per heavy atom. The molecular formula is C12H15ClN2O4. The minimum absolute atomic E-state index is 0.0414. The highest BCUT2D eigenvalue weighted by Crippen LogP contribution is 2.22. The summed E-state index contributed by atoms with van der Waals surface area (Å²) in [4.78, 5) is 21.1. The maximum absolute atomic E-state index is 11.1. The van der Waals surface area contributed by atoms with Gasteiger partial charge in [0.1, 0.15) is 0 Å². The summed E-state index contributed by atoms with van der Waals surface area (Å²) in [5.41, 5.74) is 0.705. The van der Waals surface area contributed by atoms with Crippen molar-refractivity contribution in [3.8, 4) is 0 Å². The van der Waals surface area contributed by atoms with E-state index in [-0.39, 0.29) is 18.1 Å². The Balaban J connectivity index is 2.41. The van der Waals surface area contributed by atoms with Crippen LogP contribution in [-0.2, 0) is 16.1 Å². The average Bonchev–Trinajstić information content (AvgIpc) is 2.36. The van der Waals surface area contributed by atoms with Gasteiger partial charge in [-0.2, -0.15) is 0 Å². The zero-order valence-electron chi connectivity index (χ0n) is 10.5. The number of hydrogen-bond donors (Lipinski definition) is 1. The Morgan fingerprint density at radius 2 is 2.26 bits per heavy atom. The Labute approximate surface area is 115 Å². The first-order valence-corrected chi connectivity index (χ1v) is 6.21. The van der Waals surface area contributed by atoms with Crippen molar-refractivity contribution in [2.24, 2.45) is 0 Å². The zero-order chi connectivity index (χ0) is 14.3. The Morgan fingerprint density at radius 3 is 2.84 bits per heavy atom. The molecule has 0 amide bonds. The van der Waals surface area contributed by atoms with Crippen LogP contribution < -0.4 is 5.32 Å². The molecular weight excluding hydrogens is 272 g/mol. The molecule has 0 aliphatic carbocycles. The molecule has 1 aromatic rings. The van der Waals surface area contributed by atoms with E-state index in [4.69, 9.17) is 16.3 Å². The second-order valence-corrected chi connectivity index (χ2v) is 4.17. The summed E-state index contributed by atoms with van der Waals surface area (Å²) in [7, 11) is 0. The molecule has 0 aliphatic heterocycles. The van der Waals surface area contributed by atoms with E-state index < -0.39 is 4.92 Å². The molecule has 0 saturated carbocycles. The van der Waals surface area contributed by atoms with Gasteiger partial charge in [-0.1, -0.05) is 11.6 Å². The zero-order valence-corrected chi connectivity index (χ0v) is 11.3. The van der Waals surface area contributed by atoms with Crippen molar-refractivity contribution >= 4 is 23.3 Å². The first-order chi connectivity index (χ1) is 9.04. The number of ether oxygens (including phenoxy) is 1. The number of carbonyl (C=O) groups excluding carboxylic acids is 1. The molecule has 19 heavy (non-hydrogen) atoms. The quantitative estimate of drug-likeness (QED) is 0.360. The van der Waals surface area contributed by atoms with Crippen LogP contribution in [0.3, 0.4) is 0 Å². The highest BCUT2D eigenvalue weighted by Gasteiger charge is 2.09. The fourth-order valence-electron chi connectivity index (χ4n) is 1.44. The molecule has 0 unspecified atom stereocenters. The third kappa shape index (κ3) is 5.23. The van der Waals surface area contributed by atoms with Gasteiger partial charge in [0.25, 0.3) is 5.69 Å². The number of halogens is 1. The molecule has 0 bridgehead atoms. The third-order valence-corrected chi connectivity index (χ3v) is 2.73. The van der Waals surface area contributed by atoms with Crippen LogP contribution in [0.15, 0.2) is 18.2 Å². The van der Waals surface area contributed by atoms with Crippen LogP contribution in [0.25, 0.3) is 0 Å². The van der Waals surface area contributed by atoms with Crippen molar-refractivity contribution in [3.05, 3.63) is 38.9 Å². The highest BCUT2D eigenvalue weighted by atomic mass is 35.5. The molecule has 7 heteroatoms. The minimum Gasteiger partial charge on any atom is -0.466 e. The lowest BCUT2D eigenvalue weighted by atomic mass is 10.2. The van der Waals surface area contributed by atoms with Gasteiger partial charge in [-0.05, 0) is 18.6 Å². The lowest BCUT2D eigenvalue weighted by Gasteiger charge is -2.06. The van der Waals surface area contributed by atoms with Crippen LogP contribution in [0.4, 0.5) is 5.69 Å². The van der Waals surface area contributed by atoms with Crippen LogP contribution in [-0.4, -0.2) is 24.0 Å². The number of benzene rings is 1. The summed E-state index contributed by atoms with van der Waals surface area (Å²) in [5, 5.41) is 13.9. The number of nitro groups is 1. The standard InChI is InChI=1S/C12H15ClN2O4/c1-2-19-12(16)5-6-14-8-9-3-4-10(15(17)18)7-11(9)13/h3-4,7,14H,2,5-6,8H2,1H3. The highest BCUT2D eigenvalue weighted by molar-refractivity contribution is 6.31. The van der Waals surface area contributed by atoms with Crippen LogP contribution in [0, 0.1) is 10.1 Å². The van der Waals surface area contributed by atoms with Crippen LogP contribution in [0.2, 0.25) is 5.02 Å².